The number of carbonyl (C=O) groups is 1. The lowest BCUT2D eigenvalue weighted by Crippen LogP contribution is -2.37. The lowest BCUT2D eigenvalue weighted by atomic mass is 10.1. The first-order valence-electron chi connectivity index (χ1n) is 5.06. The van der Waals surface area contributed by atoms with E-state index in [0.29, 0.717) is 0 Å². The molecule has 1 atom stereocenters. The number of alkyl halides is 3. The largest absolute Gasteiger partial charge is 0.460 e. The fraction of sp³-hybridized carbons (Fsp3) is 0.900. The Bertz CT molecular complexity index is 233. The molecule has 3 nitrogen and oxygen atoms in total. The second-order valence-electron chi connectivity index (χ2n) is 4.63. The molecule has 0 spiro atoms. The molecule has 6 heteroatoms. The summed E-state index contributed by atoms with van der Waals surface area (Å²) in [5.41, 5.74) is 4.28. The predicted octanol–water partition coefficient (Wildman–Crippen LogP) is 2.39. The summed E-state index contributed by atoms with van der Waals surface area (Å²) in [4.78, 5) is 11.1. The van der Waals surface area contributed by atoms with Crippen LogP contribution in [0.5, 0.6) is 0 Å². The normalized spacial score (nSPS) is 14.7. The van der Waals surface area contributed by atoms with Crippen molar-refractivity contribution >= 4 is 5.97 Å². The molecule has 0 aliphatic heterocycles. The molecule has 0 heterocycles. The van der Waals surface area contributed by atoms with Crippen LogP contribution in [0.1, 0.15) is 40.0 Å². The van der Waals surface area contributed by atoms with Gasteiger partial charge in [-0.2, -0.15) is 13.2 Å². The zero-order valence-corrected chi connectivity index (χ0v) is 9.73. The van der Waals surface area contributed by atoms with Gasteiger partial charge in [0.15, 0.2) is 0 Å². The maximum Gasteiger partial charge on any atom is 0.403 e. The van der Waals surface area contributed by atoms with E-state index in [0.717, 1.165) is 0 Å². The number of hydrogen-bond acceptors (Lipinski definition) is 3. The van der Waals surface area contributed by atoms with Crippen molar-refractivity contribution in [1.29, 1.82) is 0 Å². The number of halogens is 3. The molecule has 96 valence electrons. The molecule has 0 fully saturated rings. The van der Waals surface area contributed by atoms with Gasteiger partial charge in [0, 0.05) is 6.42 Å². The third-order valence-corrected chi connectivity index (χ3v) is 1.74. The second kappa shape index (κ2) is 5.52. The SMILES string of the molecule is CC(C)(C)OC(=O)CCCC(N)C(F)(F)F. The van der Waals surface area contributed by atoms with E-state index in [1.807, 2.05) is 0 Å². The van der Waals surface area contributed by atoms with Crippen molar-refractivity contribution in [3.63, 3.8) is 0 Å². The number of hydrogen-bond donors (Lipinski definition) is 1. The van der Waals surface area contributed by atoms with Crippen molar-refractivity contribution in [2.24, 2.45) is 5.73 Å². The van der Waals surface area contributed by atoms with Crippen LogP contribution in [0.15, 0.2) is 0 Å². The van der Waals surface area contributed by atoms with Gasteiger partial charge in [-0.3, -0.25) is 4.79 Å². The minimum absolute atomic E-state index is 0.0406. The lowest BCUT2D eigenvalue weighted by Gasteiger charge is -2.20. The van der Waals surface area contributed by atoms with Crippen LogP contribution in [0.4, 0.5) is 13.2 Å². The Morgan fingerprint density at radius 2 is 1.81 bits per heavy atom. The minimum Gasteiger partial charge on any atom is -0.460 e. The van der Waals surface area contributed by atoms with Crippen LogP contribution in [0.3, 0.4) is 0 Å². The highest BCUT2D eigenvalue weighted by atomic mass is 19.4. The van der Waals surface area contributed by atoms with Gasteiger partial charge in [0.2, 0.25) is 0 Å². The molecular formula is C10H18F3NO2. The van der Waals surface area contributed by atoms with Crippen molar-refractivity contribution in [2.75, 3.05) is 0 Å². The van der Waals surface area contributed by atoms with Crippen molar-refractivity contribution in [3.8, 4) is 0 Å². The first-order chi connectivity index (χ1) is 7.02. The van der Waals surface area contributed by atoms with E-state index in [1.54, 1.807) is 20.8 Å². The van der Waals surface area contributed by atoms with Gasteiger partial charge in [-0.25, -0.2) is 0 Å². The fourth-order valence-corrected chi connectivity index (χ4v) is 1.02. The molecule has 0 saturated carbocycles. The number of carbonyl (C=O) groups excluding carboxylic acids is 1. The van der Waals surface area contributed by atoms with Crippen molar-refractivity contribution in [2.45, 2.75) is 57.9 Å². The van der Waals surface area contributed by atoms with Crippen molar-refractivity contribution in [1.82, 2.24) is 0 Å². The molecule has 0 aliphatic rings. The monoisotopic (exact) mass is 241 g/mol. The molecule has 0 bridgehead atoms. The van der Waals surface area contributed by atoms with Gasteiger partial charge >= 0.3 is 12.1 Å². The summed E-state index contributed by atoms with van der Waals surface area (Å²) in [6.07, 6.45) is -4.62. The first-order valence-corrected chi connectivity index (χ1v) is 5.06. The second-order valence-corrected chi connectivity index (χ2v) is 4.63. The van der Waals surface area contributed by atoms with Crippen LogP contribution < -0.4 is 5.73 Å². The maximum absolute atomic E-state index is 12.0. The van der Waals surface area contributed by atoms with Crippen molar-refractivity contribution in [3.05, 3.63) is 0 Å². The van der Waals surface area contributed by atoms with E-state index in [-0.39, 0.29) is 19.3 Å². The van der Waals surface area contributed by atoms with Crippen LogP contribution >= 0.6 is 0 Å². The Morgan fingerprint density at radius 1 is 1.31 bits per heavy atom. The molecule has 0 aromatic heterocycles. The van der Waals surface area contributed by atoms with E-state index in [1.165, 1.54) is 0 Å². The molecule has 0 amide bonds. The van der Waals surface area contributed by atoms with Crippen LogP contribution in [0, 0.1) is 0 Å². The molecule has 0 radical (unpaired) electrons. The highest BCUT2D eigenvalue weighted by Gasteiger charge is 2.36. The van der Waals surface area contributed by atoms with E-state index in [9.17, 15) is 18.0 Å². The summed E-state index contributed by atoms with van der Waals surface area (Å²) < 4.78 is 41.0. The Morgan fingerprint density at radius 3 is 2.19 bits per heavy atom. The Kier molecular flexibility index (Phi) is 5.25. The number of ether oxygens (including phenoxy) is 1. The van der Waals surface area contributed by atoms with Gasteiger partial charge in [0.05, 0.1) is 0 Å². The summed E-state index contributed by atoms with van der Waals surface area (Å²) in [5.74, 6) is -0.498. The van der Waals surface area contributed by atoms with E-state index in [2.05, 4.69) is 0 Å². The first kappa shape index (κ1) is 15.2. The molecule has 16 heavy (non-hydrogen) atoms. The van der Waals surface area contributed by atoms with Crippen molar-refractivity contribution < 1.29 is 22.7 Å². The maximum atomic E-state index is 12.0. The molecule has 0 saturated heterocycles. The van der Waals surface area contributed by atoms with Gasteiger partial charge in [-0.15, -0.1) is 0 Å². The van der Waals surface area contributed by atoms with Gasteiger partial charge in [-0.05, 0) is 33.6 Å². The molecule has 0 aromatic carbocycles. The Hall–Kier alpha value is -0.780. The van der Waals surface area contributed by atoms with Crippen LogP contribution in [-0.2, 0) is 9.53 Å². The Balaban J connectivity index is 3.79. The topological polar surface area (TPSA) is 52.3 Å². The fourth-order valence-electron chi connectivity index (χ4n) is 1.02. The highest BCUT2D eigenvalue weighted by molar-refractivity contribution is 5.69. The predicted molar refractivity (Wildman–Crippen MR) is 53.7 cm³/mol. The zero-order valence-electron chi connectivity index (χ0n) is 9.73. The van der Waals surface area contributed by atoms with Gasteiger partial charge in [0.25, 0.3) is 0 Å². The molecule has 1 unspecified atom stereocenters. The average Bonchev–Trinajstić information content (AvgIpc) is 1.98. The van der Waals surface area contributed by atoms with Crippen LogP contribution in [-0.4, -0.2) is 23.8 Å². The quantitative estimate of drug-likeness (QED) is 0.769. The summed E-state index contributed by atoms with van der Waals surface area (Å²) >= 11 is 0. The molecule has 0 aromatic rings. The summed E-state index contributed by atoms with van der Waals surface area (Å²) in [5, 5.41) is 0. The van der Waals surface area contributed by atoms with Crippen LogP contribution in [0.2, 0.25) is 0 Å². The van der Waals surface area contributed by atoms with Gasteiger partial charge < -0.3 is 10.5 Å². The Labute approximate surface area is 93.1 Å². The molecule has 0 aliphatic carbocycles. The third kappa shape index (κ3) is 7.50. The van der Waals surface area contributed by atoms with Crippen LogP contribution in [0.25, 0.3) is 0 Å². The smallest absolute Gasteiger partial charge is 0.403 e. The van der Waals surface area contributed by atoms with Gasteiger partial charge in [0.1, 0.15) is 11.6 Å². The van der Waals surface area contributed by atoms with E-state index >= 15 is 0 Å². The summed E-state index contributed by atoms with van der Waals surface area (Å²) in [6.45, 7) is 5.10. The standard InChI is InChI=1S/C10H18F3NO2/c1-9(2,3)16-8(15)6-4-5-7(14)10(11,12)13/h7H,4-6,14H2,1-3H3. The van der Waals surface area contributed by atoms with E-state index < -0.39 is 23.8 Å². The zero-order chi connectivity index (χ0) is 13.0. The molecule has 2 N–H and O–H groups in total. The summed E-state index contributed by atoms with van der Waals surface area (Å²) in [6, 6.07) is -1.87. The highest BCUT2D eigenvalue weighted by Crippen LogP contribution is 2.22. The third-order valence-electron chi connectivity index (χ3n) is 1.74. The summed E-state index contributed by atoms with van der Waals surface area (Å²) in [7, 11) is 0. The lowest BCUT2D eigenvalue weighted by molar-refractivity contribution is -0.157. The average molecular weight is 241 g/mol. The molecule has 0 rings (SSSR count). The number of rotatable bonds is 4. The molecular weight excluding hydrogens is 223 g/mol. The number of esters is 1. The minimum atomic E-state index is -4.39. The van der Waals surface area contributed by atoms with Gasteiger partial charge in [-0.1, -0.05) is 0 Å². The van der Waals surface area contributed by atoms with E-state index in [4.69, 9.17) is 10.5 Å². The number of nitrogens with two attached hydrogens (primary N) is 1.